The molecule has 2 rings (SSSR count). The van der Waals surface area contributed by atoms with E-state index in [0.717, 1.165) is 18.0 Å². The zero-order valence-electron chi connectivity index (χ0n) is 11.0. The van der Waals surface area contributed by atoms with Crippen LogP contribution in [0.25, 0.3) is 0 Å². The molecule has 0 aromatic heterocycles. The van der Waals surface area contributed by atoms with Gasteiger partial charge in [-0.15, -0.1) is 0 Å². The summed E-state index contributed by atoms with van der Waals surface area (Å²) in [5.41, 5.74) is 0. The molecule has 0 spiro atoms. The van der Waals surface area contributed by atoms with E-state index in [9.17, 15) is 0 Å². The Balaban J connectivity index is 1.92. The first-order valence-electron chi connectivity index (χ1n) is 7.32. The lowest BCUT2D eigenvalue weighted by atomic mass is 9.82. The van der Waals surface area contributed by atoms with Gasteiger partial charge in [0, 0.05) is 25.2 Å². The van der Waals surface area contributed by atoms with Crippen molar-refractivity contribution in [3.05, 3.63) is 0 Å². The average molecular weight is 224 g/mol. The Morgan fingerprint density at radius 1 is 1.12 bits per heavy atom. The van der Waals surface area contributed by atoms with Crippen LogP contribution in [0.3, 0.4) is 0 Å². The maximum Gasteiger partial charge on any atom is 0.0249 e. The van der Waals surface area contributed by atoms with Gasteiger partial charge in [-0.3, -0.25) is 4.90 Å². The van der Waals surface area contributed by atoms with Crippen LogP contribution in [0.15, 0.2) is 0 Å². The molecule has 0 radical (unpaired) electrons. The Kier molecular flexibility index (Phi) is 4.66. The molecule has 1 saturated carbocycles. The monoisotopic (exact) mass is 224 g/mol. The molecular formula is C14H28N2. The van der Waals surface area contributed by atoms with E-state index in [1.165, 1.54) is 58.2 Å². The van der Waals surface area contributed by atoms with Crippen LogP contribution in [-0.2, 0) is 0 Å². The minimum absolute atomic E-state index is 0.736. The molecule has 2 fully saturated rings. The quantitative estimate of drug-likeness (QED) is 0.793. The summed E-state index contributed by atoms with van der Waals surface area (Å²) < 4.78 is 0. The van der Waals surface area contributed by atoms with Crippen molar-refractivity contribution < 1.29 is 0 Å². The van der Waals surface area contributed by atoms with Crippen LogP contribution in [-0.4, -0.2) is 36.6 Å². The maximum absolute atomic E-state index is 3.74. The third-order valence-corrected chi connectivity index (χ3v) is 4.63. The first kappa shape index (κ1) is 12.4. The first-order valence-corrected chi connectivity index (χ1v) is 7.32. The number of hydrogen-bond acceptors (Lipinski definition) is 2. The molecule has 94 valence electrons. The van der Waals surface area contributed by atoms with E-state index in [1.807, 2.05) is 0 Å². The van der Waals surface area contributed by atoms with Crippen molar-refractivity contribution in [2.75, 3.05) is 19.6 Å². The highest BCUT2D eigenvalue weighted by atomic mass is 15.2. The van der Waals surface area contributed by atoms with Gasteiger partial charge < -0.3 is 5.32 Å². The third-order valence-electron chi connectivity index (χ3n) is 4.63. The predicted octanol–water partition coefficient (Wildman–Crippen LogP) is 2.64. The predicted molar refractivity (Wildman–Crippen MR) is 69.7 cm³/mol. The summed E-state index contributed by atoms with van der Waals surface area (Å²) in [6, 6.07) is 1.56. The summed E-state index contributed by atoms with van der Waals surface area (Å²) in [7, 11) is 0. The molecule has 1 aliphatic carbocycles. The summed E-state index contributed by atoms with van der Waals surface area (Å²) in [5.74, 6) is 0.971. The SMILES string of the molecule is CCC1CN(CC)C(C2CCCCC2)CN1. The van der Waals surface area contributed by atoms with Crippen LogP contribution in [0.4, 0.5) is 0 Å². The van der Waals surface area contributed by atoms with Gasteiger partial charge in [0.15, 0.2) is 0 Å². The Morgan fingerprint density at radius 3 is 2.50 bits per heavy atom. The molecule has 0 bridgehead atoms. The fourth-order valence-corrected chi connectivity index (χ4v) is 3.52. The van der Waals surface area contributed by atoms with Gasteiger partial charge in [0.2, 0.25) is 0 Å². The van der Waals surface area contributed by atoms with Gasteiger partial charge in [0.05, 0.1) is 0 Å². The third kappa shape index (κ3) is 2.78. The van der Waals surface area contributed by atoms with Crippen molar-refractivity contribution in [1.82, 2.24) is 10.2 Å². The van der Waals surface area contributed by atoms with E-state index in [2.05, 4.69) is 24.1 Å². The summed E-state index contributed by atoms with van der Waals surface area (Å²) in [5, 5.41) is 3.74. The van der Waals surface area contributed by atoms with Gasteiger partial charge in [-0.2, -0.15) is 0 Å². The molecule has 2 nitrogen and oxygen atoms in total. The topological polar surface area (TPSA) is 15.3 Å². The van der Waals surface area contributed by atoms with E-state index in [4.69, 9.17) is 0 Å². The number of rotatable bonds is 3. The highest BCUT2D eigenvalue weighted by molar-refractivity contribution is 4.90. The normalized spacial score (nSPS) is 34.1. The zero-order chi connectivity index (χ0) is 11.4. The summed E-state index contributed by atoms with van der Waals surface area (Å²) in [4.78, 5) is 2.74. The van der Waals surface area contributed by atoms with Gasteiger partial charge in [-0.05, 0) is 31.7 Å². The van der Waals surface area contributed by atoms with Crippen molar-refractivity contribution in [2.24, 2.45) is 5.92 Å². The molecule has 0 amide bonds. The van der Waals surface area contributed by atoms with Gasteiger partial charge >= 0.3 is 0 Å². The van der Waals surface area contributed by atoms with Crippen LogP contribution in [0.2, 0.25) is 0 Å². The Labute approximate surface area is 101 Å². The van der Waals surface area contributed by atoms with Gasteiger partial charge in [-0.1, -0.05) is 33.1 Å². The lowest BCUT2D eigenvalue weighted by Gasteiger charge is -2.44. The maximum atomic E-state index is 3.74. The van der Waals surface area contributed by atoms with Crippen molar-refractivity contribution in [2.45, 2.75) is 64.5 Å². The van der Waals surface area contributed by atoms with Crippen LogP contribution in [0.1, 0.15) is 52.4 Å². The molecule has 1 N–H and O–H groups in total. The van der Waals surface area contributed by atoms with Crippen molar-refractivity contribution >= 4 is 0 Å². The number of piperazine rings is 1. The number of nitrogens with zero attached hydrogens (tertiary/aromatic N) is 1. The fraction of sp³-hybridized carbons (Fsp3) is 1.00. The Bertz CT molecular complexity index is 199. The molecular weight excluding hydrogens is 196 g/mol. The molecule has 1 heterocycles. The van der Waals surface area contributed by atoms with Crippen molar-refractivity contribution in [1.29, 1.82) is 0 Å². The van der Waals surface area contributed by atoms with E-state index < -0.39 is 0 Å². The lowest BCUT2D eigenvalue weighted by Crippen LogP contribution is -2.58. The molecule has 2 aliphatic rings. The molecule has 16 heavy (non-hydrogen) atoms. The number of hydrogen-bond donors (Lipinski definition) is 1. The van der Waals surface area contributed by atoms with E-state index in [0.29, 0.717) is 0 Å². The van der Waals surface area contributed by atoms with Crippen molar-refractivity contribution in [3.8, 4) is 0 Å². The van der Waals surface area contributed by atoms with Crippen LogP contribution >= 0.6 is 0 Å². The molecule has 2 atom stereocenters. The minimum Gasteiger partial charge on any atom is -0.311 e. The van der Waals surface area contributed by atoms with Gasteiger partial charge in [0.25, 0.3) is 0 Å². The molecule has 1 aliphatic heterocycles. The summed E-state index contributed by atoms with van der Waals surface area (Å²) in [6.45, 7) is 8.37. The van der Waals surface area contributed by atoms with Crippen LogP contribution in [0.5, 0.6) is 0 Å². The van der Waals surface area contributed by atoms with E-state index in [-0.39, 0.29) is 0 Å². The second kappa shape index (κ2) is 6.02. The first-order chi connectivity index (χ1) is 7.85. The second-order valence-corrected chi connectivity index (χ2v) is 5.57. The van der Waals surface area contributed by atoms with Gasteiger partial charge in [0.1, 0.15) is 0 Å². The number of likely N-dealkylation sites (N-methyl/N-ethyl adjacent to an activating group) is 1. The highest BCUT2D eigenvalue weighted by Crippen LogP contribution is 2.30. The van der Waals surface area contributed by atoms with E-state index >= 15 is 0 Å². The largest absolute Gasteiger partial charge is 0.311 e. The molecule has 2 unspecified atom stereocenters. The zero-order valence-corrected chi connectivity index (χ0v) is 11.0. The molecule has 0 aromatic carbocycles. The number of nitrogens with one attached hydrogen (secondary N) is 1. The minimum atomic E-state index is 0.736. The summed E-state index contributed by atoms with van der Waals surface area (Å²) >= 11 is 0. The Morgan fingerprint density at radius 2 is 1.88 bits per heavy atom. The van der Waals surface area contributed by atoms with Gasteiger partial charge in [-0.25, -0.2) is 0 Å². The Hall–Kier alpha value is -0.0800. The van der Waals surface area contributed by atoms with Crippen LogP contribution in [0, 0.1) is 5.92 Å². The molecule has 2 heteroatoms. The smallest absolute Gasteiger partial charge is 0.0249 e. The summed E-state index contributed by atoms with van der Waals surface area (Å²) in [6.07, 6.45) is 8.62. The molecule has 1 saturated heterocycles. The molecule has 0 aromatic rings. The average Bonchev–Trinajstić information content (AvgIpc) is 2.39. The van der Waals surface area contributed by atoms with Crippen molar-refractivity contribution in [3.63, 3.8) is 0 Å². The van der Waals surface area contributed by atoms with E-state index in [1.54, 1.807) is 0 Å². The highest BCUT2D eigenvalue weighted by Gasteiger charge is 2.32. The second-order valence-electron chi connectivity index (χ2n) is 5.57. The lowest BCUT2D eigenvalue weighted by molar-refractivity contribution is 0.0758. The van der Waals surface area contributed by atoms with Crippen LogP contribution < -0.4 is 5.32 Å². The fourth-order valence-electron chi connectivity index (χ4n) is 3.52. The standard InChI is InChI=1S/C14H28N2/c1-3-13-11-16(4-2)14(10-15-13)12-8-6-5-7-9-12/h12-15H,3-11H2,1-2H3.